The molecule has 1 aliphatic carbocycles. The van der Waals surface area contributed by atoms with Gasteiger partial charge in [0.2, 0.25) is 0 Å². The van der Waals surface area contributed by atoms with Crippen LogP contribution >= 0.6 is 11.6 Å². The van der Waals surface area contributed by atoms with Gasteiger partial charge in [-0.3, -0.25) is 4.68 Å². The second kappa shape index (κ2) is 6.76. The molecule has 0 aliphatic heterocycles. The predicted octanol–water partition coefficient (Wildman–Crippen LogP) is 3.83. The minimum Gasteiger partial charge on any atom is -0.310 e. The quantitative estimate of drug-likeness (QED) is 0.851. The van der Waals surface area contributed by atoms with Crippen molar-refractivity contribution >= 4 is 11.6 Å². The summed E-state index contributed by atoms with van der Waals surface area (Å²) in [7, 11) is 1.90. The van der Waals surface area contributed by atoms with Crippen LogP contribution in [-0.2, 0) is 13.6 Å². The molecule has 0 radical (unpaired) electrons. The number of rotatable bonds is 4. The van der Waals surface area contributed by atoms with E-state index in [9.17, 15) is 0 Å². The van der Waals surface area contributed by atoms with E-state index in [1.54, 1.807) is 4.68 Å². The average molecular weight is 284 g/mol. The Kier molecular flexibility index (Phi) is 5.28. The lowest BCUT2D eigenvalue weighted by Gasteiger charge is -2.23. The molecule has 0 saturated heterocycles. The van der Waals surface area contributed by atoms with Crippen LogP contribution in [0.25, 0.3) is 0 Å². The van der Waals surface area contributed by atoms with Crippen LogP contribution in [0.5, 0.6) is 0 Å². The molecule has 1 fully saturated rings. The Labute approximate surface area is 121 Å². The molecule has 1 N–H and O–H groups in total. The van der Waals surface area contributed by atoms with Gasteiger partial charge >= 0.3 is 0 Å². The number of aryl methyl sites for hydroxylation is 2. The van der Waals surface area contributed by atoms with Crippen molar-refractivity contribution in [3.05, 3.63) is 16.4 Å². The first-order valence-corrected chi connectivity index (χ1v) is 7.88. The molecule has 1 saturated carbocycles. The lowest BCUT2D eigenvalue weighted by atomic mass is 9.93. The van der Waals surface area contributed by atoms with Crippen LogP contribution in [0.1, 0.15) is 56.7 Å². The minimum atomic E-state index is 0.564. The maximum absolute atomic E-state index is 6.27. The number of halogens is 1. The van der Waals surface area contributed by atoms with E-state index in [1.807, 2.05) is 14.0 Å². The largest absolute Gasteiger partial charge is 0.310 e. The SMILES string of the molecule is Cc1nn(C)c(Cl)c1CN[C@@H](C)C1CCCCCC1. The predicted molar refractivity (Wildman–Crippen MR) is 80.4 cm³/mol. The van der Waals surface area contributed by atoms with Crippen LogP contribution in [0.2, 0.25) is 5.15 Å². The second-order valence-corrected chi connectivity index (χ2v) is 6.26. The molecule has 4 heteroatoms. The molecule has 1 aromatic heterocycles. The Hall–Kier alpha value is -0.540. The van der Waals surface area contributed by atoms with Gasteiger partial charge in [0.15, 0.2) is 0 Å². The molecule has 0 amide bonds. The van der Waals surface area contributed by atoms with Crippen molar-refractivity contribution in [3.8, 4) is 0 Å². The van der Waals surface area contributed by atoms with E-state index < -0.39 is 0 Å². The van der Waals surface area contributed by atoms with Crippen molar-refractivity contribution in [1.82, 2.24) is 15.1 Å². The molecule has 0 aromatic carbocycles. The highest BCUT2D eigenvalue weighted by Gasteiger charge is 2.19. The monoisotopic (exact) mass is 283 g/mol. The summed E-state index contributed by atoms with van der Waals surface area (Å²) in [5, 5.41) is 8.78. The van der Waals surface area contributed by atoms with Crippen LogP contribution < -0.4 is 5.32 Å². The third kappa shape index (κ3) is 3.73. The van der Waals surface area contributed by atoms with Gasteiger partial charge in [0.1, 0.15) is 5.15 Å². The van der Waals surface area contributed by atoms with E-state index in [-0.39, 0.29) is 0 Å². The highest BCUT2D eigenvalue weighted by Crippen LogP contribution is 2.26. The number of hydrogen-bond donors (Lipinski definition) is 1. The summed E-state index contributed by atoms with van der Waals surface area (Å²) in [5.41, 5.74) is 2.18. The lowest BCUT2D eigenvalue weighted by molar-refractivity contribution is 0.336. The van der Waals surface area contributed by atoms with Crippen LogP contribution in [0.15, 0.2) is 0 Å². The number of nitrogens with zero attached hydrogens (tertiary/aromatic N) is 2. The summed E-state index contributed by atoms with van der Waals surface area (Å²) < 4.78 is 1.75. The smallest absolute Gasteiger partial charge is 0.131 e. The van der Waals surface area contributed by atoms with Gasteiger partial charge in [-0.1, -0.05) is 37.3 Å². The standard InChI is InChI=1S/C15H26ClN3/c1-11(13-8-6-4-5-7-9-13)17-10-14-12(2)18-19(3)15(14)16/h11,13,17H,4-10H2,1-3H3/t11-/m0/s1. The molecule has 1 atom stereocenters. The van der Waals surface area contributed by atoms with Crippen LogP contribution in [-0.4, -0.2) is 15.8 Å². The van der Waals surface area contributed by atoms with Gasteiger partial charge in [-0.25, -0.2) is 0 Å². The minimum absolute atomic E-state index is 0.564. The summed E-state index contributed by atoms with van der Waals surface area (Å²) in [6, 6.07) is 0.564. The normalized spacial score (nSPS) is 19.4. The van der Waals surface area contributed by atoms with E-state index in [4.69, 9.17) is 11.6 Å². The van der Waals surface area contributed by atoms with E-state index in [0.717, 1.165) is 28.9 Å². The first-order valence-electron chi connectivity index (χ1n) is 7.51. The topological polar surface area (TPSA) is 29.9 Å². The van der Waals surface area contributed by atoms with E-state index >= 15 is 0 Å². The first kappa shape index (κ1) is 14.9. The van der Waals surface area contributed by atoms with Gasteiger partial charge in [-0.15, -0.1) is 0 Å². The molecule has 1 aliphatic rings. The zero-order valence-corrected chi connectivity index (χ0v) is 13.1. The third-order valence-electron chi connectivity index (χ3n) is 4.48. The Balaban J connectivity index is 1.90. The van der Waals surface area contributed by atoms with Crippen molar-refractivity contribution in [2.75, 3.05) is 0 Å². The Morgan fingerprint density at radius 3 is 2.47 bits per heavy atom. The van der Waals surface area contributed by atoms with E-state index in [1.165, 1.54) is 38.5 Å². The van der Waals surface area contributed by atoms with Crippen LogP contribution in [0.4, 0.5) is 0 Å². The lowest BCUT2D eigenvalue weighted by Crippen LogP contribution is -2.33. The molecule has 1 aromatic rings. The molecule has 2 rings (SSSR count). The van der Waals surface area contributed by atoms with Gasteiger partial charge in [-0.05, 0) is 32.6 Å². The van der Waals surface area contributed by atoms with Crippen molar-refractivity contribution in [1.29, 1.82) is 0 Å². The number of nitrogens with one attached hydrogen (secondary N) is 1. The summed E-state index contributed by atoms with van der Waals surface area (Å²) in [6.45, 7) is 5.17. The Bertz CT molecular complexity index is 406. The van der Waals surface area contributed by atoms with Gasteiger partial charge in [0.05, 0.1) is 5.69 Å². The molecular weight excluding hydrogens is 258 g/mol. The van der Waals surface area contributed by atoms with Gasteiger partial charge in [0.25, 0.3) is 0 Å². The fraction of sp³-hybridized carbons (Fsp3) is 0.800. The molecule has 0 bridgehead atoms. The number of hydrogen-bond acceptors (Lipinski definition) is 2. The average Bonchev–Trinajstić information content (AvgIpc) is 2.62. The highest BCUT2D eigenvalue weighted by molar-refractivity contribution is 6.30. The highest BCUT2D eigenvalue weighted by atomic mass is 35.5. The Morgan fingerprint density at radius 2 is 1.95 bits per heavy atom. The molecular formula is C15H26ClN3. The summed E-state index contributed by atoms with van der Waals surface area (Å²) in [6.07, 6.45) is 8.35. The molecule has 3 nitrogen and oxygen atoms in total. The fourth-order valence-corrected chi connectivity index (χ4v) is 3.36. The second-order valence-electron chi connectivity index (χ2n) is 5.90. The van der Waals surface area contributed by atoms with Crippen LogP contribution in [0, 0.1) is 12.8 Å². The van der Waals surface area contributed by atoms with Crippen molar-refractivity contribution < 1.29 is 0 Å². The molecule has 108 valence electrons. The molecule has 19 heavy (non-hydrogen) atoms. The summed E-state index contributed by atoms with van der Waals surface area (Å²) in [4.78, 5) is 0. The van der Waals surface area contributed by atoms with Crippen molar-refractivity contribution in [3.63, 3.8) is 0 Å². The summed E-state index contributed by atoms with van der Waals surface area (Å²) >= 11 is 6.27. The number of aromatic nitrogens is 2. The molecule has 0 unspecified atom stereocenters. The van der Waals surface area contributed by atoms with E-state index in [2.05, 4.69) is 17.3 Å². The van der Waals surface area contributed by atoms with Gasteiger partial charge < -0.3 is 5.32 Å². The maximum Gasteiger partial charge on any atom is 0.131 e. The van der Waals surface area contributed by atoms with Crippen LogP contribution in [0.3, 0.4) is 0 Å². The third-order valence-corrected chi connectivity index (χ3v) is 4.95. The molecule has 0 spiro atoms. The van der Waals surface area contributed by atoms with Crippen molar-refractivity contribution in [2.24, 2.45) is 13.0 Å². The fourth-order valence-electron chi connectivity index (χ4n) is 3.12. The van der Waals surface area contributed by atoms with Crippen molar-refractivity contribution in [2.45, 2.75) is 65.0 Å². The van der Waals surface area contributed by atoms with Gasteiger partial charge in [-0.2, -0.15) is 5.10 Å². The van der Waals surface area contributed by atoms with E-state index in [0.29, 0.717) is 6.04 Å². The first-order chi connectivity index (χ1) is 9.09. The zero-order valence-electron chi connectivity index (χ0n) is 12.4. The summed E-state index contributed by atoms with van der Waals surface area (Å²) in [5.74, 6) is 0.818. The molecule has 1 heterocycles. The maximum atomic E-state index is 6.27. The zero-order chi connectivity index (χ0) is 13.8. The Morgan fingerprint density at radius 1 is 1.32 bits per heavy atom. The van der Waals surface area contributed by atoms with Gasteiger partial charge in [0, 0.05) is 25.2 Å².